The van der Waals surface area contributed by atoms with Crippen LogP contribution < -0.4 is 10.8 Å². The predicted molar refractivity (Wildman–Crippen MR) is 103 cm³/mol. The Kier molecular flexibility index (Phi) is 6.08. The molecule has 5 nitrogen and oxygen atoms in total. The first kappa shape index (κ1) is 21.2. The van der Waals surface area contributed by atoms with Crippen molar-refractivity contribution in [3.8, 4) is 0 Å². The van der Waals surface area contributed by atoms with Crippen LogP contribution in [0.5, 0.6) is 0 Å². The summed E-state index contributed by atoms with van der Waals surface area (Å²) in [6.07, 6.45) is 0. The molecule has 1 atom stereocenters. The lowest BCUT2D eigenvalue weighted by molar-refractivity contribution is 0.00578. The van der Waals surface area contributed by atoms with Gasteiger partial charge in [0.1, 0.15) is 5.82 Å². The van der Waals surface area contributed by atoms with Gasteiger partial charge in [0.05, 0.1) is 11.2 Å². The number of hydrogen-bond acceptors (Lipinski definition) is 4. The van der Waals surface area contributed by atoms with Crippen molar-refractivity contribution in [3.63, 3.8) is 0 Å². The molecule has 1 unspecified atom stereocenters. The third-order valence-electron chi connectivity index (χ3n) is 5.35. The molecular formula is C18H27BClFN2O3. The van der Waals surface area contributed by atoms with Crippen LogP contribution in [0.3, 0.4) is 0 Å². The second-order valence-corrected chi connectivity index (χ2v) is 7.97. The molecule has 2 heterocycles. The predicted octanol–water partition coefficient (Wildman–Crippen LogP) is 1.98. The van der Waals surface area contributed by atoms with Crippen LogP contribution in [0, 0.1) is 5.82 Å². The number of hydrogen-bond donors (Lipinski definition) is 1. The van der Waals surface area contributed by atoms with Gasteiger partial charge >= 0.3 is 7.12 Å². The molecule has 1 aromatic carbocycles. The van der Waals surface area contributed by atoms with E-state index in [9.17, 15) is 9.18 Å². The topological polar surface area (TPSA) is 50.8 Å². The number of benzene rings is 1. The molecule has 2 saturated heterocycles. The van der Waals surface area contributed by atoms with Crippen molar-refractivity contribution in [2.24, 2.45) is 0 Å². The van der Waals surface area contributed by atoms with Crippen molar-refractivity contribution in [1.82, 2.24) is 10.2 Å². The van der Waals surface area contributed by atoms with Gasteiger partial charge in [0.25, 0.3) is 5.91 Å². The van der Waals surface area contributed by atoms with Gasteiger partial charge in [-0.25, -0.2) is 4.39 Å². The zero-order valence-electron chi connectivity index (χ0n) is 16.0. The van der Waals surface area contributed by atoms with Crippen molar-refractivity contribution < 1.29 is 18.5 Å². The maximum absolute atomic E-state index is 14.2. The molecule has 1 N–H and O–H groups in total. The Morgan fingerprint density at radius 2 is 1.85 bits per heavy atom. The van der Waals surface area contributed by atoms with Crippen LogP contribution >= 0.6 is 12.4 Å². The molecule has 2 aliphatic rings. The lowest BCUT2D eigenvalue weighted by atomic mass is 9.78. The highest BCUT2D eigenvalue weighted by Gasteiger charge is 2.51. The average Bonchev–Trinajstić information content (AvgIpc) is 2.74. The minimum absolute atomic E-state index is 0. The minimum atomic E-state index is -0.686. The maximum Gasteiger partial charge on any atom is 0.494 e. The second-order valence-electron chi connectivity index (χ2n) is 7.97. The van der Waals surface area contributed by atoms with Gasteiger partial charge < -0.3 is 19.5 Å². The van der Waals surface area contributed by atoms with Crippen molar-refractivity contribution in [1.29, 1.82) is 0 Å². The first-order chi connectivity index (χ1) is 11.6. The number of carbonyl (C=O) groups is 1. The monoisotopic (exact) mass is 384 g/mol. The summed E-state index contributed by atoms with van der Waals surface area (Å²) in [6.45, 7) is 11.8. The van der Waals surface area contributed by atoms with E-state index in [0.717, 1.165) is 6.54 Å². The number of rotatable bonds is 2. The first-order valence-corrected chi connectivity index (χ1v) is 8.78. The summed E-state index contributed by atoms with van der Waals surface area (Å²) in [4.78, 5) is 14.5. The van der Waals surface area contributed by atoms with Crippen LogP contribution in [0.4, 0.5) is 4.39 Å². The summed E-state index contributed by atoms with van der Waals surface area (Å²) < 4.78 is 26.1. The number of carbonyl (C=O) groups excluding carboxylic acids is 1. The molecule has 0 spiro atoms. The smallest absolute Gasteiger partial charge is 0.399 e. The van der Waals surface area contributed by atoms with E-state index in [2.05, 4.69) is 5.32 Å². The van der Waals surface area contributed by atoms with E-state index < -0.39 is 24.1 Å². The van der Waals surface area contributed by atoms with Crippen LogP contribution in [0.2, 0.25) is 0 Å². The van der Waals surface area contributed by atoms with Gasteiger partial charge in [-0.15, -0.1) is 12.4 Å². The summed E-state index contributed by atoms with van der Waals surface area (Å²) in [5.74, 6) is -0.621. The second kappa shape index (κ2) is 7.47. The third-order valence-corrected chi connectivity index (χ3v) is 5.35. The Labute approximate surface area is 161 Å². The number of nitrogens with one attached hydrogen (secondary N) is 1. The average molecular weight is 385 g/mol. The SMILES string of the molecule is CC1CN(C(=O)c2cc(F)cc(B3OC(C)(C)C(C)(C)O3)c2)CCN1.Cl. The number of halogens is 2. The Morgan fingerprint density at radius 3 is 2.42 bits per heavy atom. The molecule has 2 fully saturated rings. The third kappa shape index (κ3) is 4.06. The van der Waals surface area contributed by atoms with E-state index in [1.807, 2.05) is 34.6 Å². The molecule has 26 heavy (non-hydrogen) atoms. The van der Waals surface area contributed by atoms with Crippen molar-refractivity contribution in [2.45, 2.75) is 51.9 Å². The Hall–Kier alpha value is -1.15. The molecule has 1 aromatic rings. The van der Waals surface area contributed by atoms with Gasteiger partial charge in [-0.3, -0.25) is 4.79 Å². The molecule has 0 bridgehead atoms. The highest BCUT2D eigenvalue weighted by atomic mass is 35.5. The molecule has 144 valence electrons. The van der Waals surface area contributed by atoms with Gasteiger partial charge in [0.15, 0.2) is 0 Å². The van der Waals surface area contributed by atoms with Gasteiger partial charge in [0.2, 0.25) is 0 Å². The zero-order chi connectivity index (χ0) is 18.4. The van der Waals surface area contributed by atoms with Crippen LogP contribution in [0.25, 0.3) is 0 Å². The number of piperazine rings is 1. The maximum atomic E-state index is 14.2. The van der Waals surface area contributed by atoms with Gasteiger partial charge in [-0.1, -0.05) is 0 Å². The fourth-order valence-electron chi connectivity index (χ4n) is 3.15. The van der Waals surface area contributed by atoms with E-state index in [-0.39, 0.29) is 24.4 Å². The fourth-order valence-corrected chi connectivity index (χ4v) is 3.15. The van der Waals surface area contributed by atoms with E-state index in [4.69, 9.17) is 9.31 Å². The molecule has 3 rings (SSSR count). The molecule has 0 radical (unpaired) electrons. The van der Waals surface area contributed by atoms with Crippen molar-refractivity contribution in [3.05, 3.63) is 29.6 Å². The van der Waals surface area contributed by atoms with Crippen LogP contribution in [-0.2, 0) is 9.31 Å². The van der Waals surface area contributed by atoms with E-state index in [1.54, 1.807) is 11.0 Å². The molecule has 0 aromatic heterocycles. The van der Waals surface area contributed by atoms with Crippen LogP contribution in [-0.4, -0.2) is 54.8 Å². The van der Waals surface area contributed by atoms with Gasteiger partial charge in [-0.05, 0) is 58.3 Å². The Bertz CT molecular complexity index is 670. The standard InChI is InChI=1S/C18H26BFN2O3.ClH/c1-12-11-22(7-6-21-12)16(23)13-8-14(10-15(20)9-13)19-24-17(2,3)18(4,5)25-19;/h8-10,12,21H,6-7,11H2,1-5H3;1H. The van der Waals surface area contributed by atoms with Crippen molar-refractivity contribution >= 4 is 30.9 Å². The van der Waals surface area contributed by atoms with Crippen molar-refractivity contribution in [2.75, 3.05) is 19.6 Å². The lowest BCUT2D eigenvalue weighted by Gasteiger charge is -2.32. The normalized spacial score (nSPS) is 24.3. The minimum Gasteiger partial charge on any atom is -0.399 e. The van der Waals surface area contributed by atoms with Crippen LogP contribution in [0.15, 0.2) is 18.2 Å². The van der Waals surface area contributed by atoms with Gasteiger partial charge in [-0.2, -0.15) is 0 Å². The summed E-state index contributed by atoms with van der Waals surface area (Å²) in [5, 5.41) is 3.30. The largest absolute Gasteiger partial charge is 0.494 e. The molecule has 0 saturated carbocycles. The molecular weight excluding hydrogens is 357 g/mol. The lowest BCUT2D eigenvalue weighted by Crippen LogP contribution is -2.51. The van der Waals surface area contributed by atoms with E-state index in [1.165, 1.54) is 12.1 Å². The number of amides is 1. The van der Waals surface area contributed by atoms with E-state index in [0.29, 0.717) is 24.1 Å². The Morgan fingerprint density at radius 1 is 1.23 bits per heavy atom. The summed E-state index contributed by atoms with van der Waals surface area (Å²) in [6, 6.07) is 4.57. The molecule has 0 aliphatic carbocycles. The Balaban J connectivity index is 0.00000243. The quantitative estimate of drug-likeness (QED) is 0.792. The van der Waals surface area contributed by atoms with E-state index >= 15 is 0 Å². The summed E-state index contributed by atoms with van der Waals surface area (Å²) >= 11 is 0. The zero-order valence-corrected chi connectivity index (χ0v) is 16.8. The summed E-state index contributed by atoms with van der Waals surface area (Å²) in [7, 11) is -0.686. The number of nitrogens with zero attached hydrogens (tertiary/aromatic N) is 1. The molecule has 2 aliphatic heterocycles. The molecule has 1 amide bonds. The highest BCUT2D eigenvalue weighted by molar-refractivity contribution is 6.62. The highest BCUT2D eigenvalue weighted by Crippen LogP contribution is 2.36. The fraction of sp³-hybridized carbons (Fsp3) is 0.611. The molecule has 8 heteroatoms. The summed E-state index contributed by atoms with van der Waals surface area (Å²) in [5.41, 5.74) is -0.159. The van der Waals surface area contributed by atoms with Crippen LogP contribution in [0.1, 0.15) is 45.0 Å². The first-order valence-electron chi connectivity index (χ1n) is 8.78. The van der Waals surface area contributed by atoms with Gasteiger partial charge in [0, 0.05) is 31.2 Å².